The lowest BCUT2D eigenvalue weighted by Crippen LogP contribution is -2.57. The van der Waals surface area contributed by atoms with E-state index in [-0.39, 0.29) is 54.0 Å². The van der Waals surface area contributed by atoms with E-state index < -0.39 is 18.0 Å². The minimum atomic E-state index is -0.818. The van der Waals surface area contributed by atoms with E-state index in [0.29, 0.717) is 57.9 Å². The highest BCUT2D eigenvalue weighted by Crippen LogP contribution is 2.24. The molecular weight excluding hydrogens is 642 g/mol. The molecule has 3 unspecified atom stereocenters. The SMILES string of the molecule is CCCCOC(=O)N1CCN(C(=O)C(NC(=O)c2cc(OCC(=O)N3CCCC3C(=O)NC3CCC3)n(-c3ccccc3)n2)C(C)CC)CC1. The number of aromatic nitrogens is 2. The monoisotopic (exact) mass is 693 g/mol. The predicted molar refractivity (Wildman–Crippen MR) is 185 cm³/mol. The van der Waals surface area contributed by atoms with Crippen molar-refractivity contribution in [2.75, 3.05) is 45.9 Å². The summed E-state index contributed by atoms with van der Waals surface area (Å²) >= 11 is 0. The number of likely N-dealkylation sites (tertiary alicyclic amines) is 1. The molecule has 2 N–H and O–H groups in total. The van der Waals surface area contributed by atoms with Crippen molar-refractivity contribution in [3.63, 3.8) is 0 Å². The van der Waals surface area contributed by atoms with Gasteiger partial charge in [-0.1, -0.05) is 51.8 Å². The van der Waals surface area contributed by atoms with Crippen LogP contribution in [-0.4, -0.2) is 118 Å². The Bertz CT molecular complexity index is 1490. The molecule has 3 heterocycles. The number of amides is 5. The highest BCUT2D eigenvalue weighted by molar-refractivity contribution is 5.96. The molecule has 1 saturated carbocycles. The molecule has 1 aliphatic carbocycles. The quantitative estimate of drug-likeness (QED) is 0.286. The first-order chi connectivity index (χ1) is 24.2. The van der Waals surface area contributed by atoms with Crippen LogP contribution in [0.3, 0.4) is 0 Å². The van der Waals surface area contributed by atoms with Gasteiger partial charge < -0.3 is 34.8 Å². The Kier molecular flexibility index (Phi) is 12.7. The number of benzene rings is 1. The van der Waals surface area contributed by atoms with E-state index in [4.69, 9.17) is 9.47 Å². The Morgan fingerprint density at radius 3 is 2.32 bits per heavy atom. The molecule has 2 aromatic rings. The molecule has 0 radical (unpaired) electrons. The zero-order chi connectivity index (χ0) is 35.6. The average Bonchev–Trinajstić information content (AvgIpc) is 3.79. The Hall–Kier alpha value is -4.62. The Morgan fingerprint density at radius 2 is 1.66 bits per heavy atom. The van der Waals surface area contributed by atoms with Crippen LogP contribution in [0.1, 0.15) is 82.6 Å². The minimum Gasteiger partial charge on any atom is -0.467 e. The van der Waals surface area contributed by atoms with Gasteiger partial charge in [0.05, 0.1) is 12.3 Å². The normalized spacial score (nSPS) is 18.9. The van der Waals surface area contributed by atoms with Gasteiger partial charge in [0, 0.05) is 44.8 Å². The lowest BCUT2D eigenvalue weighted by atomic mass is 9.93. The molecule has 2 saturated heterocycles. The Labute approximate surface area is 293 Å². The maximum atomic E-state index is 13.8. The molecule has 14 heteroatoms. The van der Waals surface area contributed by atoms with Crippen LogP contribution >= 0.6 is 0 Å². The summed E-state index contributed by atoms with van der Waals surface area (Å²) in [5.74, 6) is -1.22. The Morgan fingerprint density at radius 1 is 0.940 bits per heavy atom. The van der Waals surface area contributed by atoms with Crippen molar-refractivity contribution in [3.8, 4) is 11.6 Å². The van der Waals surface area contributed by atoms with Crippen molar-refractivity contribution in [2.45, 2.75) is 90.3 Å². The summed E-state index contributed by atoms with van der Waals surface area (Å²) in [6.45, 7) is 7.76. The minimum absolute atomic E-state index is 0.0241. The number of ether oxygens (including phenoxy) is 2. The molecule has 14 nitrogen and oxygen atoms in total. The van der Waals surface area contributed by atoms with Crippen LogP contribution in [0.25, 0.3) is 5.69 Å². The van der Waals surface area contributed by atoms with E-state index in [0.717, 1.165) is 38.5 Å². The second kappa shape index (κ2) is 17.3. The zero-order valence-corrected chi connectivity index (χ0v) is 29.5. The van der Waals surface area contributed by atoms with Gasteiger partial charge in [-0.2, -0.15) is 5.10 Å². The molecule has 0 spiro atoms. The van der Waals surface area contributed by atoms with Crippen molar-refractivity contribution >= 4 is 29.7 Å². The number of nitrogens with zero attached hydrogens (tertiary/aromatic N) is 5. The van der Waals surface area contributed by atoms with Crippen LogP contribution in [0.5, 0.6) is 5.88 Å². The molecule has 3 aliphatic rings. The summed E-state index contributed by atoms with van der Waals surface area (Å²) in [7, 11) is 0. The Balaban J connectivity index is 1.25. The van der Waals surface area contributed by atoms with E-state index in [1.807, 2.05) is 39.0 Å². The third-order valence-corrected chi connectivity index (χ3v) is 9.92. The molecule has 5 rings (SSSR count). The molecule has 5 amide bonds. The molecule has 3 atom stereocenters. The predicted octanol–water partition coefficient (Wildman–Crippen LogP) is 3.14. The van der Waals surface area contributed by atoms with Gasteiger partial charge in [0.15, 0.2) is 12.3 Å². The summed E-state index contributed by atoms with van der Waals surface area (Å²) in [6.07, 6.45) is 6.38. The first kappa shape index (κ1) is 36.7. The first-order valence-electron chi connectivity index (χ1n) is 18.1. The van der Waals surface area contributed by atoms with Gasteiger partial charge in [0.2, 0.25) is 17.7 Å². The maximum Gasteiger partial charge on any atom is 0.409 e. The molecular formula is C36H51N7O7. The van der Waals surface area contributed by atoms with Crippen LogP contribution in [0.2, 0.25) is 0 Å². The van der Waals surface area contributed by atoms with Crippen LogP contribution in [0, 0.1) is 5.92 Å². The summed E-state index contributed by atoms with van der Waals surface area (Å²) in [5.41, 5.74) is 0.643. The number of hydrogen-bond donors (Lipinski definition) is 2. The average molecular weight is 694 g/mol. The van der Waals surface area contributed by atoms with E-state index >= 15 is 0 Å². The highest BCUT2D eigenvalue weighted by atomic mass is 16.6. The molecule has 2 aliphatic heterocycles. The lowest BCUT2D eigenvalue weighted by Gasteiger charge is -2.37. The number of carbonyl (C=O) groups is 5. The number of hydrogen-bond acceptors (Lipinski definition) is 8. The molecule has 3 fully saturated rings. The summed E-state index contributed by atoms with van der Waals surface area (Å²) in [5, 5.41) is 10.5. The zero-order valence-electron chi connectivity index (χ0n) is 29.5. The van der Waals surface area contributed by atoms with Crippen LogP contribution in [0.15, 0.2) is 36.4 Å². The van der Waals surface area contributed by atoms with Gasteiger partial charge in [-0.25, -0.2) is 9.48 Å². The van der Waals surface area contributed by atoms with Crippen molar-refractivity contribution < 1.29 is 33.4 Å². The second-order valence-electron chi connectivity index (χ2n) is 13.4. The van der Waals surface area contributed by atoms with Gasteiger partial charge in [0.1, 0.15) is 12.1 Å². The topological polar surface area (TPSA) is 155 Å². The third-order valence-electron chi connectivity index (χ3n) is 9.92. The van der Waals surface area contributed by atoms with E-state index in [9.17, 15) is 24.0 Å². The maximum absolute atomic E-state index is 13.8. The summed E-state index contributed by atoms with van der Waals surface area (Å²) in [6, 6.07) is 9.41. The first-order valence-corrected chi connectivity index (χ1v) is 18.1. The number of piperazine rings is 1. The number of carbonyl (C=O) groups excluding carboxylic acids is 5. The van der Waals surface area contributed by atoms with Crippen molar-refractivity contribution in [1.29, 1.82) is 0 Å². The van der Waals surface area contributed by atoms with Crippen molar-refractivity contribution in [3.05, 3.63) is 42.1 Å². The molecule has 1 aromatic heterocycles. The second-order valence-corrected chi connectivity index (χ2v) is 13.4. The van der Waals surface area contributed by atoms with Gasteiger partial charge in [-0.3, -0.25) is 19.2 Å². The fourth-order valence-corrected chi connectivity index (χ4v) is 6.34. The largest absolute Gasteiger partial charge is 0.467 e. The summed E-state index contributed by atoms with van der Waals surface area (Å²) in [4.78, 5) is 70.9. The van der Waals surface area contributed by atoms with Crippen molar-refractivity contribution in [2.24, 2.45) is 5.92 Å². The molecule has 272 valence electrons. The van der Waals surface area contributed by atoms with Crippen LogP contribution in [-0.2, 0) is 19.1 Å². The number of unbranched alkanes of at least 4 members (excludes halogenated alkanes) is 1. The van der Waals surface area contributed by atoms with Gasteiger partial charge in [-0.15, -0.1) is 0 Å². The standard InChI is InChI=1S/C36H51N7O7/c1-4-6-22-49-36(48)41-20-18-40(19-21-41)35(47)32(25(3)5-2)38-33(45)28-23-31(43(39-28)27-14-8-7-9-15-27)50-24-30(44)42-17-11-16-29(42)34(46)37-26-12-10-13-26/h7-9,14-15,23,25-26,29,32H,4-6,10-13,16-22,24H2,1-3H3,(H,37,46)(H,38,45). The van der Waals surface area contributed by atoms with Crippen LogP contribution in [0.4, 0.5) is 4.79 Å². The van der Waals surface area contributed by atoms with Gasteiger partial charge in [0.25, 0.3) is 11.8 Å². The van der Waals surface area contributed by atoms with Crippen molar-refractivity contribution in [1.82, 2.24) is 35.1 Å². The van der Waals surface area contributed by atoms with Gasteiger partial charge in [-0.05, 0) is 56.6 Å². The highest BCUT2D eigenvalue weighted by Gasteiger charge is 2.37. The third kappa shape index (κ3) is 8.94. The van der Waals surface area contributed by atoms with E-state index in [1.54, 1.807) is 26.8 Å². The fourth-order valence-electron chi connectivity index (χ4n) is 6.34. The summed E-state index contributed by atoms with van der Waals surface area (Å²) < 4.78 is 12.8. The smallest absolute Gasteiger partial charge is 0.409 e. The fraction of sp³-hybridized carbons (Fsp3) is 0.611. The molecule has 0 bridgehead atoms. The number of nitrogens with one attached hydrogen (secondary N) is 2. The molecule has 1 aromatic carbocycles. The van der Waals surface area contributed by atoms with E-state index in [1.165, 1.54) is 10.7 Å². The van der Waals surface area contributed by atoms with Crippen LogP contribution < -0.4 is 15.4 Å². The lowest BCUT2D eigenvalue weighted by molar-refractivity contribution is -0.140. The molecule has 50 heavy (non-hydrogen) atoms. The number of para-hydroxylation sites is 1. The number of rotatable bonds is 14. The van der Waals surface area contributed by atoms with E-state index in [2.05, 4.69) is 15.7 Å². The van der Waals surface area contributed by atoms with Gasteiger partial charge >= 0.3 is 6.09 Å².